The molecule has 0 aromatic heterocycles. The first-order valence-electron chi connectivity index (χ1n) is 17.1. The number of aromatic hydroxyl groups is 2. The average molecular weight is 628 g/mol. The van der Waals surface area contributed by atoms with Crippen molar-refractivity contribution < 1.29 is 19.7 Å². The van der Waals surface area contributed by atoms with Gasteiger partial charge in [-0.25, -0.2) is 14.8 Å². The highest BCUT2D eigenvalue weighted by molar-refractivity contribution is 6.13. The van der Waals surface area contributed by atoms with E-state index in [0.29, 0.717) is 41.3 Å². The number of amidine groups is 2. The third-order valence-electron chi connectivity index (χ3n) is 8.45. The van der Waals surface area contributed by atoms with Crippen molar-refractivity contribution in [3.05, 3.63) is 95.7 Å². The number of nitrogens with two attached hydrogens (primary N) is 1. The van der Waals surface area contributed by atoms with Crippen molar-refractivity contribution in [1.82, 2.24) is 0 Å². The fourth-order valence-corrected chi connectivity index (χ4v) is 5.62. The van der Waals surface area contributed by atoms with Gasteiger partial charge in [0.15, 0.2) is 5.84 Å². The van der Waals surface area contributed by atoms with Crippen LogP contribution < -0.4 is 5.73 Å². The van der Waals surface area contributed by atoms with Gasteiger partial charge < -0.3 is 20.7 Å². The number of benzene rings is 2. The molecule has 0 amide bonds. The van der Waals surface area contributed by atoms with E-state index in [1.807, 2.05) is 12.2 Å². The molecule has 1 aliphatic rings. The Bertz CT molecular complexity index is 1390. The van der Waals surface area contributed by atoms with E-state index < -0.39 is 0 Å². The van der Waals surface area contributed by atoms with Gasteiger partial charge in [0.25, 0.3) is 0 Å². The number of phenols is 2. The lowest BCUT2D eigenvalue weighted by Gasteiger charge is -2.20. The van der Waals surface area contributed by atoms with Crippen molar-refractivity contribution in [2.75, 3.05) is 6.61 Å². The van der Waals surface area contributed by atoms with Crippen LogP contribution in [-0.2, 0) is 9.53 Å². The summed E-state index contributed by atoms with van der Waals surface area (Å²) in [6, 6.07) is 13.3. The van der Waals surface area contributed by atoms with Crippen LogP contribution in [0.4, 0.5) is 0 Å². The van der Waals surface area contributed by atoms with E-state index in [0.717, 1.165) is 12.8 Å². The van der Waals surface area contributed by atoms with Crippen LogP contribution in [0.15, 0.2) is 94.6 Å². The molecule has 46 heavy (non-hydrogen) atoms. The second kappa shape index (κ2) is 20.1. The lowest BCUT2D eigenvalue weighted by Crippen LogP contribution is -2.19. The zero-order valence-electron chi connectivity index (χ0n) is 27.8. The Balaban J connectivity index is 1.68. The molecule has 0 aliphatic heterocycles. The number of para-hydroxylation sites is 2. The summed E-state index contributed by atoms with van der Waals surface area (Å²) in [5.41, 5.74) is 8.03. The smallest absolute Gasteiger partial charge is 0.334 e. The maximum atomic E-state index is 13.2. The van der Waals surface area contributed by atoms with Crippen LogP contribution in [0.1, 0.15) is 108 Å². The number of aliphatic imine (C=N–C) groups is 2. The van der Waals surface area contributed by atoms with E-state index in [9.17, 15) is 15.0 Å². The predicted octanol–water partition coefficient (Wildman–Crippen LogP) is 9.15. The normalized spacial score (nSPS) is 15.8. The number of hydrogen-bond acceptors (Lipinski definition) is 5. The maximum Gasteiger partial charge on any atom is 0.334 e. The van der Waals surface area contributed by atoms with Gasteiger partial charge >= 0.3 is 5.97 Å². The third-order valence-corrected chi connectivity index (χ3v) is 8.45. The predicted molar refractivity (Wildman–Crippen MR) is 189 cm³/mol. The molecule has 2 unspecified atom stereocenters. The van der Waals surface area contributed by atoms with Gasteiger partial charge in [0, 0.05) is 17.2 Å². The second-order valence-corrected chi connectivity index (χ2v) is 12.2. The standard InChI is InChI=1S/C39H53N3O4/c1-4-6-8-10-11-13-20-30(19-12-9-7-5-2)28-46-39(45)32-22-18-21-31(27-32)29(3)41-38(34-24-15-17-26-36(34)44)42-37(40)33-23-14-16-25-35(33)43/h14-18,21-26,30-31,43-44H,3-13,19-20,27-28H2,1-2H3,(H2,40,41,42). The molecule has 7 nitrogen and oxygen atoms in total. The Hall–Kier alpha value is -4.13. The zero-order chi connectivity index (χ0) is 33.1. The van der Waals surface area contributed by atoms with Crippen molar-refractivity contribution in [2.45, 2.75) is 97.3 Å². The maximum absolute atomic E-state index is 13.2. The molecule has 0 saturated carbocycles. The quantitative estimate of drug-likeness (QED) is 0.0621. The molecular formula is C39H53N3O4. The molecule has 0 heterocycles. The summed E-state index contributed by atoms with van der Waals surface area (Å²) >= 11 is 0. The van der Waals surface area contributed by atoms with Crippen molar-refractivity contribution in [1.29, 1.82) is 0 Å². The van der Waals surface area contributed by atoms with E-state index in [2.05, 4.69) is 30.4 Å². The fourth-order valence-electron chi connectivity index (χ4n) is 5.62. The van der Waals surface area contributed by atoms with Crippen molar-refractivity contribution in [3.63, 3.8) is 0 Å². The number of carbonyl (C=O) groups is 1. The van der Waals surface area contributed by atoms with E-state index >= 15 is 0 Å². The number of ether oxygens (including phenoxy) is 1. The molecular weight excluding hydrogens is 574 g/mol. The molecule has 2 aromatic carbocycles. The fraction of sp³-hybridized carbons (Fsp3) is 0.462. The minimum Gasteiger partial charge on any atom is -0.507 e. The largest absolute Gasteiger partial charge is 0.507 e. The van der Waals surface area contributed by atoms with Gasteiger partial charge in [-0.3, -0.25) is 0 Å². The summed E-state index contributed by atoms with van der Waals surface area (Å²) in [6.45, 7) is 9.10. The average Bonchev–Trinajstić information content (AvgIpc) is 3.06. The SMILES string of the molecule is C=C(N=C(N=C(N)c1ccccc1O)c1ccccc1O)C1C=CC=C(C(=O)OCC(CCCCCC)CCCCCCCC)C1. The molecule has 0 saturated heterocycles. The molecule has 2 atom stereocenters. The lowest BCUT2D eigenvalue weighted by atomic mass is 9.92. The minimum absolute atomic E-state index is 0.0158. The van der Waals surface area contributed by atoms with Crippen LogP contribution in [0.2, 0.25) is 0 Å². The van der Waals surface area contributed by atoms with E-state index in [1.165, 1.54) is 70.3 Å². The first kappa shape index (κ1) is 36.3. The van der Waals surface area contributed by atoms with Crippen molar-refractivity contribution in [3.8, 4) is 11.5 Å². The molecule has 4 N–H and O–H groups in total. The van der Waals surface area contributed by atoms with Gasteiger partial charge in [0.2, 0.25) is 0 Å². The van der Waals surface area contributed by atoms with Gasteiger partial charge in [-0.15, -0.1) is 0 Å². The molecule has 3 rings (SSSR count). The monoisotopic (exact) mass is 627 g/mol. The van der Waals surface area contributed by atoms with Crippen molar-refractivity contribution in [2.24, 2.45) is 27.6 Å². The van der Waals surface area contributed by atoms with Crippen LogP contribution >= 0.6 is 0 Å². The van der Waals surface area contributed by atoms with Crippen LogP contribution in [-0.4, -0.2) is 34.5 Å². The minimum atomic E-state index is -0.296. The highest BCUT2D eigenvalue weighted by atomic mass is 16.5. The summed E-state index contributed by atoms with van der Waals surface area (Å²) in [5, 5.41) is 20.9. The summed E-state index contributed by atoms with van der Waals surface area (Å²) in [7, 11) is 0. The molecule has 0 fully saturated rings. The number of rotatable bonds is 19. The Morgan fingerprint density at radius 2 is 1.43 bits per heavy atom. The number of hydrogen-bond donors (Lipinski definition) is 3. The number of phenolic OH excluding ortho intramolecular Hbond substituents is 2. The Kier molecular flexibility index (Phi) is 15.9. The Labute approximate surface area is 275 Å². The van der Waals surface area contributed by atoms with Gasteiger partial charge in [-0.1, -0.05) is 127 Å². The number of allylic oxidation sites excluding steroid dienone is 3. The van der Waals surface area contributed by atoms with Crippen LogP contribution in [0.25, 0.3) is 0 Å². The number of carbonyl (C=O) groups excluding carboxylic acids is 1. The summed E-state index contributed by atoms with van der Waals surface area (Å²) in [4.78, 5) is 22.4. The summed E-state index contributed by atoms with van der Waals surface area (Å²) in [5.74, 6) is -0.0267. The van der Waals surface area contributed by atoms with Crippen LogP contribution in [0.5, 0.6) is 11.5 Å². The molecule has 7 heteroatoms. The molecule has 248 valence electrons. The van der Waals surface area contributed by atoms with E-state index in [4.69, 9.17) is 10.5 Å². The van der Waals surface area contributed by atoms with Crippen LogP contribution in [0.3, 0.4) is 0 Å². The highest BCUT2D eigenvalue weighted by Gasteiger charge is 2.23. The molecule has 0 bridgehead atoms. The van der Waals surface area contributed by atoms with E-state index in [1.54, 1.807) is 48.5 Å². The summed E-state index contributed by atoms with van der Waals surface area (Å²) in [6.07, 6.45) is 20.6. The summed E-state index contributed by atoms with van der Waals surface area (Å²) < 4.78 is 5.90. The topological polar surface area (TPSA) is 118 Å². The van der Waals surface area contributed by atoms with E-state index in [-0.39, 0.29) is 35.1 Å². The lowest BCUT2D eigenvalue weighted by molar-refractivity contribution is -0.140. The van der Waals surface area contributed by atoms with Gasteiger partial charge in [-0.2, -0.15) is 0 Å². The highest BCUT2D eigenvalue weighted by Crippen LogP contribution is 2.29. The van der Waals surface area contributed by atoms with Crippen molar-refractivity contribution >= 4 is 17.6 Å². The number of esters is 1. The number of nitrogens with zero attached hydrogens (tertiary/aromatic N) is 2. The van der Waals surface area contributed by atoms with Gasteiger partial charge in [-0.05, 0) is 49.4 Å². The molecule has 0 spiro atoms. The molecule has 1 aliphatic carbocycles. The Morgan fingerprint density at radius 3 is 2.07 bits per heavy atom. The van der Waals surface area contributed by atoms with Crippen LogP contribution in [0, 0.1) is 11.8 Å². The van der Waals surface area contributed by atoms with Gasteiger partial charge in [0.05, 0.1) is 17.7 Å². The number of unbranched alkanes of at least 4 members (excludes halogenated alkanes) is 8. The second-order valence-electron chi connectivity index (χ2n) is 12.2. The Morgan fingerprint density at radius 1 is 0.870 bits per heavy atom. The van der Waals surface area contributed by atoms with Gasteiger partial charge in [0.1, 0.15) is 17.3 Å². The zero-order valence-corrected chi connectivity index (χ0v) is 27.8. The first-order valence-corrected chi connectivity index (χ1v) is 17.1. The first-order chi connectivity index (χ1) is 22.3. The molecule has 2 aromatic rings. The third kappa shape index (κ3) is 12.0. The molecule has 0 radical (unpaired) electrons.